The van der Waals surface area contributed by atoms with Crippen LogP contribution in [0.15, 0.2) is 23.8 Å². The Balaban J connectivity index is 1.57. The number of carbonyl (C=O) groups is 1. The van der Waals surface area contributed by atoms with E-state index in [1.54, 1.807) is 12.7 Å². The zero-order valence-electron chi connectivity index (χ0n) is 23.2. The minimum atomic E-state index is -0.360. The van der Waals surface area contributed by atoms with Gasteiger partial charge in [-0.25, -0.2) is 0 Å². The summed E-state index contributed by atoms with van der Waals surface area (Å²) >= 11 is 0. The van der Waals surface area contributed by atoms with Crippen molar-refractivity contribution in [3.63, 3.8) is 0 Å². The van der Waals surface area contributed by atoms with Gasteiger partial charge in [0.25, 0.3) is 0 Å². The summed E-state index contributed by atoms with van der Waals surface area (Å²) in [4.78, 5) is 12.9. The first kappa shape index (κ1) is 24.6. The largest absolute Gasteiger partial charge is 0.469 e. The van der Waals surface area contributed by atoms with Gasteiger partial charge in [-0.3, -0.25) is 4.79 Å². The van der Waals surface area contributed by atoms with Crippen LogP contribution in [-0.4, -0.2) is 13.1 Å². The topological polar surface area (TPSA) is 26.3 Å². The van der Waals surface area contributed by atoms with Crippen LogP contribution in [0.5, 0.6) is 0 Å². The van der Waals surface area contributed by atoms with Crippen LogP contribution in [0.4, 0.5) is 0 Å². The van der Waals surface area contributed by atoms with Gasteiger partial charge in [0, 0.05) is 0 Å². The lowest BCUT2D eigenvalue weighted by Gasteiger charge is -2.68. The van der Waals surface area contributed by atoms with Crippen LogP contribution in [0.25, 0.3) is 0 Å². The highest BCUT2D eigenvalue weighted by atomic mass is 16.5. The van der Waals surface area contributed by atoms with Crippen molar-refractivity contribution in [3.05, 3.63) is 23.8 Å². The van der Waals surface area contributed by atoms with Gasteiger partial charge in [-0.15, -0.1) is 0 Å². The lowest BCUT2D eigenvalue weighted by atomic mass is 9.36. The lowest BCUT2D eigenvalue weighted by Crippen LogP contribution is -2.60. The summed E-state index contributed by atoms with van der Waals surface area (Å²) in [5.74, 6) is 2.71. The molecule has 0 saturated heterocycles. The van der Waals surface area contributed by atoms with Gasteiger partial charge < -0.3 is 4.74 Å². The molecule has 4 saturated carbocycles. The van der Waals surface area contributed by atoms with Crippen molar-refractivity contribution in [2.45, 2.75) is 112 Å². The summed E-state index contributed by atoms with van der Waals surface area (Å²) in [6.07, 6.45) is 16.4. The maximum atomic E-state index is 12.9. The Morgan fingerprint density at radius 1 is 1.03 bits per heavy atom. The first-order valence-electron chi connectivity index (χ1n) is 14.4. The number of ether oxygens (including phenoxy) is 1. The highest BCUT2D eigenvalue weighted by Crippen LogP contribution is 2.74. The van der Waals surface area contributed by atoms with Crippen LogP contribution in [0.2, 0.25) is 0 Å². The molecule has 5 aliphatic carbocycles. The molecular weight excluding hydrogens is 416 g/mol. The number of esters is 1. The fraction of sp³-hybridized carbons (Fsp3) is 0.844. The van der Waals surface area contributed by atoms with E-state index in [1.165, 1.54) is 56.9 Å². The first-order valence-corrected chi connectivity index (χ1v) is 14.4. The predicted molar refractivity (Wildman–Crippen MR) is 140 cm³/mol. The third-order valence-corrected chi connectivity index (χ3v) is 13.2. The second-order valence-corrected chi connectivity index (χ2v) is 14.6. The second kappa shape index (κ2) is 7.72. The smallest absolute Gasteiger partial charge is 0.311 e. The molecule has 34 heavy (non-hydrogen) atoms. The number of fused-ring (bicyclic) bond motifs is 7. The Labute approximate surface area is 209 Å². The maximum absolute atomic E-state index is 12.9. The summed E-state index contributed by atoms with van der Waals surface area (Å²) in [6.45, 7) is 19.8. The molecule has 0 bridgehead atoms. The van der Waals surface area contributed by atoms with E-state index >= 15 is 0 Å². The average molecular weight is 467 g/mol. The molecule has 0 aromatic rings. The first-order chi connectivity index (χ1) is 15.9. The van der Waals surface area contributed by atoms with Crippen molar-refractivity contribution in [2.75, 3.05) is 7.11 Å². The molecule has 2 nitrogen and oxygen atoms in total. The van der Waals surface area contributed by atoms with Crippen molar-refractivity contribution in [2.24, 2.45) is 50.7 Å². The van der Waals surface area contributed by atoms with E-state index in [4.69, 9.17) is 11.3 Å². The van der Waals surface area contributed by atoms with Crippen molar-refractivity contribution in [1.82, 2.24) is 0 Å². The Bertz CT molecular complexity index is 916. The monoisotopic (exact) mass is 466 g/mol. The minimum absolute atomic E-state index is 0.0114. The molecule has 2 heteroatoms. The van der Waals surface area contributed by atoms with Gasteiger partial charge in [-0.1, -0.05) is 71.3 Å². The van der Waals surface area contributed by atoms with Crippen LogP contribution in [0, 0.1) is 50.7 Å². The molecule has 0 N–H and O–H groups in total. The van der Waals surface area contributed by atoms with E-state index < -0.39 is 0 Å². The number of hydrogen-bond acceptors (Lipinski definition) is 2. The molecule has 0 amide bonds. The Hall–Kier alpha value is -1.05. The summed E-state index contributed by atoms with van der Waals surface area (Å²) in [5.41, 5.74) is 4.00. The standard InChI is InChI=1S/C32H50O2/c1-9-28(3)13-10-11-22-23(28)12-14-32(7)26(22)21(2)19-24-25-20-30(5,27(33)34-8)16-15-29(25,4)17-18-31(24,32)6/h19,22-23,25-26H,2,9-18,20H2,1,3-8H3/t22?,23?,25?,26?,28-,29?,30+,31-,32-/m1/s1. The molecule has 0 aromatic carbocycles. The van der Waals surface area contributed by atoms with E-state index in [0.29, 0.717) is 22.7 Å². The zero-order valence-corrected chi connectivity index (χ0v) is 23.2. The number of carbonyl (C=O) groups excluding carboxylic acids is 1. The van der Waals surface area contributed by atoms with Gasteiger partial charge >= 0.3 is 5.97 Å². The van der Waals surface area contributed by atoms with Crippen molar-refractivity contribution in [3.8, 4) is 0 Å². The molecular formula is C32H50O2. The van der Waals surface area contributed by atoms with Gasteiger partial charge in [0.1, 0.15) is 0 Å². The van der Waals surface area contributed by atoms with E-state index in [0.717, 1.165) is 31.1 Å². The van der Waals surface area contributed by atoms with E-state index in [1.807, 2.05) is 0 Å². The second-order valence-electron chi connectivity index (χ2n) is 14.6. The molecule has 0 radical (unpaired) electrons. The average Bonchev–Trinajstić information content (AvgIpc) is 2.81. The third kappa shape index (κ3) is 3.08. The molecule has 5 unspecified atom stereocenters. The summed E-state index contributed by atoms with van der Waals surface area (Å²) < 4.78 is 5.31. The van der Waals surface area contributed by atoms with Gasteiger partial charge in [0.2, 0.25) is 0 Å². The highest BCUT2D eigenvalue weighted by molar-refractivity contribution is 5.76. The van der Waals surface area contributed by atoms with Crippen LogP contribution >= 0.6 is 0 Å². The van der Waals surface area contributed by atoms with E-state index in [-0.39, 0.29) is 22.2 Å². The third-order valence-electron chi connectivity index (χ3n) is 13.2. The number of allylic oxidation sites excluding steroid dienone is 3. The van der Waals surface area contributed by atoms with Crippen LogP contribution in [-0.2, 0) is 9.53 Å². The van der Waals surface area contributed by atoms with Crippen LogP contribution < -0.4 is 0 Å². The van der Waals surface area contributed by atoms with Gasteiger partial charge in [0.05, 0.1) is 12.5 Å². The Morgan fingerprint density at radius 2 is 1.74 bits per heavy atom. The van der Waals surface area contributed by atoms with E-state index in [2.05, 4.69) is 47.6 Å². The number of hydrogen-bond donors (Lipinski definition) is 0. The highest BCUT2D eigenvalue weighted by Gasteiger charge is 2.65. The van der Waals surface area contributed by atoms with Crippen molar-refractivity contribution in [1.29, 1.82) is 0 Å². The minimum Gasteiger partial charge on any atom is -0.469 e. The molecule has 0 spiro atoms. The summed E-state index contributed by atoms with van der Waals surface area (Å²) in [5, 5.41) is 0. The van der Waals surface area contributed by atoms with Crippen molar-refractivity contribution >= 4 is 5.97 Å². The van der Waals surface area contributed by atoms with Crippen LogP contribution in [0.3, 0.4) is 0 Å². The number of rotatable bonds is 2. The Morgan fingerprint density at radius 3 is 2.41 bits per heavy atom. The quantitative estimate of drug-likeness (QED) is 0.381. The van der Waals surface area contributed by atoms with Gasteiger partial charge in [-0.2, -0.15) is 0 Å². The normalized spacial score (nSPS) is 52.4. The molecule has 9 atom stereocenters. The molecule has 5 rings (SSSR count). The molecule has 0 heterocycles. The van der Waals surface area contributed by atoms with Crippen molar-refractivity contribution < 1.29 is 9.53 Å². The lowest BCUT2D eigenvalue weighted by molar-refractivity contribution is -0.160. The Kier molecular flexibility index (Phi) is 5.60. The van der Waals surface area contributed by atoms with E-state index in [9.17, 15) is 4.79 Å². The summed E-state index contributed by atoms with van der Waals surface area (Å²) in [7, 11) is 1.56. The molecule has 0 aromatic heterocycles. The molecule has 5 aliphatic rings. The summed E-state index contributed by atoms with van der Waals surface area (Å²) in [6, 6.07) is 0. The molecule has 4 fully saturated rings. The predicted octanol–water partition coefficient (Wildman–Crippen LogP) is 8.52. The molecule has 0 aliphatic heterocycles. The fourth-order valence-corrected chi connectivity index (χ4v) is 10.4. The van der Waals surface area contributed by atoms with Gasteiger partial charge in [0.15, 0.2) is 0 Å². The van der Waals surface area contributed by atoms with Crippen LogP contribution in [0.1, 0.15) is 112 Å². The zero-order chi connectivity index (χ0) is 24.7. The number of methoxy groups -OCH3 is 1. The SMILES string of the molecule is C=C1C=C2C3C[C@@](C)(C(=O)OC)CCC3(C)CC[C@@]2(C)[C@]2(C)CCC3C(CCC[C@@]3(C)CC)C12. The molecule has 190 valence electrons. The van der Waals surface area contributed by atoms with Gasteiger partial charge in [-0.05, 0) is 110 Å². The fourth-order valence-electron chi connectivity index (χ4n) is 10.4. The maximum Gasteiger partial charge on any atom is 0.311 e.